The van der Waals surface area contributed by atoms with Crippen molar-refractivity contribution >= 4 is 35.0 Å². The summed E-state index contributed by atoms with van der Waals surface area (Å²) < 4.78 is 1.33. The number of aromatic nitrogens is 2. The number of thioether (sulfide) groups is 1. The van der Waals surface area contributed by atoms with Gasteiger partial charge < -0.3 is 10.4 Å². The Morgan fingerprint density at radius 3 is 2.46 bits per heavy atom. The third-order valence-electron chi connectivity index (χ3n) is 4.04. The molecule has 1 heterocycles. The van der Waals surface area contributed by atoms with Crippen LogP contribution in [0.4, 0.5) is 5.69 Å². The Morgan fingerprint density at radius 2 is 1.82 bits per heavy atom. The van der Waals surface area contributed by atoms with Crippen LogP contribution in [0.25, 0.3) is 5.69 Å². The fourth-order valence-corrected chi connectivity index (χ4v) is 3.63. The monoisotopic (exact) mass is 415 g/mol. The van der Waals surface area contributed by atoms with Gasteiger partial charge in [0.1, 0.15) is 0 Å². The van der Waals surface area contributed by atoms with Gasteiger partial charge in [-0.15, -0.1) is 0 Å². The van der Waals surface area contributed by atoms with Gasteiger partial charge in [0, 0.05) is 10.7 Å². The summed E-state index contributed by atoms with van der Waals surface area (Å²) in [6.45, 7) is 3.84. The lowest BCUT2D eigenvalue weighted by atomic mass is 10.1. The summed E-state index contributed by atoms with van der Waals surface area (Å²) in [6.07, 6.45) is 0. The highest BCUT2D eigenvalue weighted by Gasteiger charge is 2.14. The number of hydrogen-bond donors (Lipinski definition) is 2. The molecule has 0 saturated carbocycles. The maximum absolute atomic E-state index is 12.4. The number of carbonyl (C=O) groups is 1. The molecule has 0 fully saturated rings. The molecule has 2 N–H and O–H groups in total. The molecule has 28 heavy (non-hydrogen) atoms. The third kappa shape index (κ3) is 4.55. The maximum atomic E-state index is 12.4. The van der Waals surface area contributed by atoms with Crippen molar-refractivity contribution < 1.29 is 9.90 Å². The SMILES string of the molecule is Cc1cccc(C)c1NC(=O)CSc1nc(O)cc(=O)n1-c1ccc(Cl)cc1. The van der Waals surface area contributed by atoms with Crippen molar-refractivity contribution in [1.82, 2.24) is 9.55 Å². The Morgan fingerprint density at radius 1 is 1.18 bits per heavy atom. The predicted octanol–water partition coefficient (Wildman–Crippen LogP) is 3.94. The number of aromatic hydroxyl groups is 1. The van der Waals surface area contributed by atoms with Gasteiger partial charge in [-0.25, -0.2) is 0 Å². The second kappa shape index (κ2) is 8.50. The lowest BCUT2D eigenvalue weighted by Crippen LogP contribution is -2.21. The smallest absolute Gasteiger partial charge is 0.262 e. The molecule has 3 rings (SSSR count). The van der Waals surface area contributed by atoms with Crippen molar-refractivity contribution in [2.45, 2.75) is 19.0 Å². The van der Waals surface area contributed by atoms with Crippen LogP contribution in [0.2, 0.25) is 5.02 Å². The summed E-state index contributed by atoms with van der Waals surface area (Å²) in [6, 6.07) is 13.4. The lowest BCUT2D eigenvalue weighted by Gasteiger charge is -2.13. The van der Waals surface area contributed by atoms with Crippen molar-refractivity contribution in [2.75, 3.05) is 11.1 Å². The molecule has 6 nitrogen and oxygen atoms in total. The molecule has 3 aromatic rings. The van der Waals surface area contributed by atoms with E-state index in [1.165, 1.54) is 4.57 Å². The van der Waals surface area contributed by atoms with Crippen molar-refractivity contribution in [2.24, 2.45) is 0 Å². The third-order valence-corrected chi connectivity index (χ3v) is 5.23. The van der Waals surface area contributed by atoms with E-state index in [0.29, 0.717) is 10.7 Å². The van der Waals surface area contributed by atoms with Gasteiger partial charge in [0.15, 0.2) is 5.16 Å². The Kier molecular flexibility index (Phi) is 6.06. The van der Waals surface area contributed by atoms with Gasteiger partial charge in [0.05, 0.1) is 17.5 Å². The minimum absolute atomic E-state index is 0.0251. The first-order valence-corrected chi connectivity index (χ1v) is 9.79. The number of benzene rings is 2. The maximum Gasteiger partial charge on any atom is 0.262 e. The zero-order valence-electron chi connectivity index (χ0n) is 15.3. The second-order valence-electron chi connectivity index (χ2n) is 6.15. The number of halogens is 1. The second-order valence-corrected chi connectivity index (χ2v) is 7.53. The summed E-state index contributed by atoms with van der Waals surface area (Å²) in [4.78, 5) is 28.8. The molecule has 8 heteroatoms. The quantitative estimate of drug-likeness (QED) is 0.487. The normalized spacial score (nSPS) is 10.7. The molecule has 144 valence electrons. The van der Waals surface area contributed by atoms with Gasteiger partial charge >= 0.3 is 0 Å². The summed E-state index contributed by atoms with van der Waals surface area (Å²) >= 11 is 6.97. The van der Waals surface area contributed by atoms with Gasteiger partial charge in [-0.1, -0.05) is 41.6 Å². The molecule has 0 spiro atoms. The van der Waals surface area contributed by atoms with E-state index in [9.17, 15) is 14.7 Å². The number of rotatable bonds is 5. The Hall–Kier alpha value is -2.77. The van der Waals surface area contributed by atoms with Gasteiger partial charge in [-0.05, 0) is 49.2 Å². The van der Waals surface area contributed by atoms with E-state index in [-0.39, 0.29) is 16.8 Å². The highest BCUT2D eigenvalue weighted by atomic mass is 35.5. The molecule has 1 aromatic heterocycles. The summed E-state index contributed by atoms with van der Waals surface area (Å²) in [5, 5.41) is 13.4. The van der Waals surface area contributed by atoms with Crippen molar-refractivity contribution in [3.63, 3.8) is 0 Å². The van der Waals surface area contributed by atoms with Crippen LogP contribution in [0.5, 0.6) is 5.88 Å². The number of hydrogen-bond acceptors (Lipinski definition) is 5. The van der Waals surface area contributed by atoms with Crippen LogP contribution in [0, 0.1) is 13.8 Å². The number of carbonyl (C=O) groups excluding carboxylic acids is 1. The number of nitrogens with one attached hydrogen (secondary N) is 1. The van der Waals surface area contributed by atoms with Crippen molar-refractivity contribution in [3.8, 4) is 11.6 Å². The summed E-state index contributed by atoms with van der Waals surface area (Å²) in [5.41, 5.74) is 2.79. The number of anilines is 1. The number of nitrogens with zero attached hydrogens (tertiary/aromatic N) is 2. The number of para-hydroxylation sites is 1. The average Bonchev–Trinajstić information content (AvgIpc) is 2.64. The van der Waals surface area contributed by atoms with Gasteiger partial charge in [0.25, 0.3) is 5.56 Å². The van der Waals surface area contributed by atoms with Crippen LogP contribution >= 0.6 is 23.4 Å². The number of amides is 1. The van der Waals surface area contributed by atoms with E-state index in [1.807, 2.05) is 32.0 Å². The first-order chi connectivity index (χ1) is 13.3. The molecule has 0 saturated heterocycles. The van der Waals surface area contributed by atoms with Crippen LogP contribution in [0.3, 0.4) is 0 Å². The molecule has 0 aliphatic carbocycles. The Labute approximate surface area is 171 Å². The molecule has 0 unspecified atom stereocenters. The molecule has 2 aromatic carbocycles. The van der Waals surface area contributed by atoms with E-state index < -0.39 is 11.4 Å². The highest BCUT2D eigenvalue weighted by Crippen LogP contribution is 2.23. The first kappa shape index (κ1) is 20.0. The summed E-state index contributed by atoms with van der Waals surface area (Å²) in [7, 11) is 0. The number of aryl methyl sites for hydroxylation is 2. The minimum Gasteiger partial charge on any atom is -0.493 e. The zero-order valence-corrected chi connectivity index (χ0v) is 16.8. The van der Waals surface area contributed by atoms with E-state index in [2.05, 4.69) is 10.3 Å². The zero-order chi connectivity index (χ0) is 20.3. The Bertz CT molecular complexity index is 1060. The standard InChI is InChI=1S/C20H18ClN3O3S/c1-12-4-3-5-13(2)19(12)22-17(26)11-28-20-23-16(25)10-18(27)24(20)15-8-6-14(21)7-9-15/h3-10,25H,11H2,1-2H3,(H,22,26). The van der Waals surface area contributed by atoms with Crippen LogP contribution in [0.15, 0.2) is 58.5 Å². The lowest BCUT2D eigenvalue weighted by molar-refractivity contribution is -0.113. The van der Waals surface area contributed by atoms with Gasteiger partial charge in [-0.2, -0.15) is 4.98 Å². The van der Waals surface area contributed by atoms with Crippen molar-refractivity contribution in [3.05, 3.63) is 75.0 Å². The van der Waals surface area contributed by atoms with Crippen molar-refractivity contribution in [1.29, 1.82) is 0 Å². The van der Waals surface area contributed by atoms with Crippen LogP contribution in [-0.2, 0) is 4.79 Å². The minimum atomic E-state index is -0.451. The van der Waals surface area contributed by atoms with Gasteiger partial charge in [-0.3, -0.25) is 14.2 Å². The molecule has 0 radical (unpaired) electrons. The molecular formula is C20H18ClN3O3S. The molecule has 0 aliphatic heterocycles. The first-order valence-electron chi connectivity index (χ1n) is 8.43. The Balaban J connectivity index is 1.83. The molecule has 0 atom stereocenters. The molecule has 1 amide bonds. The average molecular weight is 416 g/mol. The fraction of sp³-hybridized carbons (Fsp3) is 0.150. The fourth-order valence-electron chi connectivity index (χ4n) is 2.69. The highest BCUT2D eigenvalue weighted by molar-refractivity contribution is 7.99. The van der Waals surface area contributed by atoms with Crippen LogP contribution in [-0.4, -0.2) is 26.3 Å². The van der Waals surface area contributed by atoms with Gasteiger partial charge in [0.2, 0.25) is 11.8 Å². The summed E-state index contributed by atoms with van der Waals surface area (Å²) in [5.74, 6) is -0.604. The van der Waals surface area contributed by atoms with E-state index >= 15 is 0 Å². The van der Waals surface area contributed by atoms with Crippen LogP contribution < -0.4 is 10.9 Å². The molecular weight excluding hydrogens is 398 g/mol. The van der Waals surface area contributed by atoms with Crippen LogP contribution in [0.1, 0.15) is 11.1 Å². The molecule has 0 bridgehead atoms. The van der Waals surface area contributed by atoms with E-state index in [0.717, 1.165) is 34.6 Å². The predicted molar refractivity (Wildman–Crippen MR) is 112 cm³/mol. The molecule has 0 aliphatic rings. The van der Waals surface area contributed by atoms with E-state index in [1.54, 1.807) is 24.3 Å². The topological polar surface area (TPSA) is 84.2 Å². The van der Waals surface area contributed by atoms with E-state index in [4.69, 9.17) is 11.6 Å². The largest absolute Gasteiger partial charge is 0.493 e.